The van der Waals surface area contributed by atoms with E-state index in [1.807, 2.05) is 54.1 Å². The van der Waals surface area contributed by atoms with Crippen molar-refractivity contribution in [2.24, 2.45) is 0 Å². The van der Waals surface area contributed by atoms with Crippen LogP contribution in [0.4, 0.5) is 0 Å². The molecule has 0 radical (unpaired) electrons. The number of fused-ring (bicyclic) bond motifs is 1. The van der Waals surface area contributed by atoms with E-state index in [1.54, 1.807) is 18.2 Å². The van der Waals surface area contributed by atoms with Crippen LogP contribution in [0, 0.1) is 13.3 Å². The molecule has 1 atom stereocenters. The van der Waals surface area contributed by atoms with Gasteiger partial charge in [0.25, 0.3) is 0 Å². The topological polar surface area (TPSA) is 108 Å². The summed E-state index contributed by atoms with van der Waals surface area (Å²) in [7, 11) is -4.27. The van der Waals surface area contributed by atoms with Crippen molar-refractivity contribution in [3.8, 4) is 5.75 Å². The number of phenols is 1. The Morgan fingerprint density at radius 1 is 0.919 bits per heavy atom. The molecule has 4 aromatic rings. The van der Waals surface area contributed by atoms with Crippen LogP contribution in [-0.2, 0) is 10.1 Å². The minimum absolute atomic E-state index is 0.112. The standard InChI is InChI=1S/C22H27N3O.C7H8O3S/c1-2-3-4-5-6-7-8-15-20(18-13-9-12-17-22(18)26)25-21-16-11-10-14-19(21)23-24-25;1-6-2-4-7(5-3-6)11(8,9)10/h9-17,20H,2-8H2,1H3;2-5H,1H3,(H,8,9,10). The number of aryl methyl sites for hydroxylation is 1. The summed E-state index contributed by atoms with van der Waals surface area (Å²) in [6.07, 6.45) is 10.9. The molecule has 3 aromatic carbocycles. The van der Waals surface area contributed by atoms with Crippen LogP contribution < -0.4 is 0 Å². The third-order valence-electron chi connectivity index (χ3n) is 6.15. The van der Waals surface area contributed by atoms with Crippen molar-refractivity contribution in [2.45, 2.75) is 69.7 Å². The first kappa shape index (κ1) is 28.2. The van der Waals surface area contributed by atoms with Crippen LogP contribution >= 0.6 is 0 Å². The van der Waals surface area contributed by atoms with Crippen molar-refractivity contribution in [3.05, 3.63) is 90.3 Å². The lowest BCUT2D eigenvalue weighted by Gasteiger charge is -2.13. The zero-order chi connectivity index (χ0) is 26.7. The van der Waals surface area contributed by atoms with Gasteiger partial charge in [-0.1, -0.05) is 79.8 Å². The van der Waals surface area contributed by atoms with Gasteiger partial charge in [0.1, 0.15) is 27.8 Å². The Labute approximate surface area is 219 Å². The van der Waals surface area contributed by atoms with Gasteiger partial charge < -0.3 is 9.66 Å². The van der Waals surface area contributed by atoms with E-state index >= 15 is 0 Å². The van der Waals surface area contributed by atoms with Gasteiger partial charge in [0.2, 0.25) is 6.04 Å². The second-order valence-corrected chi connectivity index (χ2v) is 10.5. The maximum absolute atomic E-state index is 10.4. The summed E-state index contributed by atoms with van der Waals surface area (Å²) in [6.45, 7) is 4.06. The molecule has 196 valence electrons. The summed E-state index contributed by atoms with van der Waals surface area (Å²) in [5.74, 6) is 0.302. The number of hydrogen-bond donors (Lipinski definition) is 1. The normalized spacial score (nSPS) is 12.1. The number of phenolic OH excluding ortho intramolecular Hbond substituents is 1. The van der Waals surface area contributed by atoms with Crippen molar-refractivity contribution < 1.29 is 18.1 Å². The smallest absolute Gasteiger partial charge is 0.220 e. The van der Waals surface area contributed by atoms with Crippen LogP contribution in [0.15, 0.2) is 77.7 Å². The SMILES string of the molecule is CCCCCCCC[CH+]C(c1ccccc1O)n1nnc2ccccc21.Cc1ccc(S(=O)(=O)[O-])cc1. The van der Waals surface area contributed by atoms with Gasteiger partial charge in [-0.3, -0.25) is 0 Å². The summed E-state index contributed by atoms with van der Waals surface area (Å²) in [6, 6.07) is 21.1. The molecule has 0 aliphatic carbocycles. The molecule has 1 unspecified atom stereocenters. The maximum atomic E-state index is 10.4. The highest BCUT2D eigenvalue weighted by molar-refractivity contribution is 7.85. The second-order valence-electron chi connectivity index (χ2n) is 9.09. The Bertz CT molecular complexity index is 1350. The fraction of sp³-hybridized carbons (Fsp3) is 0.345. The van der Waals surface area contributed by atoms with Crippen LogP contribution in [0.5, 0.6) is 5.75 Å². The zero-order valence-electron chi connectivity index (χ0n) is 21.5. The lowest BCUT2D eigenvalue weighted by atomic mass is 9.98. The third-order valence-corrected chi connectivity index (χ3v) is 7.00. The van der Waals surface area contributed by atoms with Crippen molar-refractivity contribution in [1.82, 2.24) is 15.0 Å². The molecule has 1 aromatic heterocycles. The number of aromatic hydroxyl groups is 1. The molecule has 37 heavy (non-hydrogen) atoms. The monoisotopic (exact) mass is 521 g/mol. The summed E-state index contributed by atoms with van der Waals surface area (Å²) >= 11 is 0. The molecule has 4 rings (SSSR count). The van der Waals surface area contributed by atoms with Crippen LogP contribution in [-0.4, -0.2) is 33.1 Å². The Balaban J connectivity index is 0.000000289. The predicted octanol–water partition coefficient (Wildman–Crippen LogP) is 6.58. The second kappa shape index (κ2) is 13.8. The first-order valence-corrected chi connectivity index (χ1v) is 14.2. The predicted molar refractivity (Wildman–Crippen MR) is 145 cm³/mol. The largest absolute Gasteiger partial charge is 0.744 e. The van der Waals surface area contributed by atoms with Gasteiger partial charge in [-0.05, 0) is 56.2 Å². The van der Waals surface area contributed by atoms with Crippen LogP contribution in [0.25, 0.3) is 11.0 Å². The molecule has 8 heteroatoms. The minimum Gasteiger partial charge on any atom is -0.744 e. The minimum atomic E-state index is -4.27. The fourth-order valence-corrected chi connectivity index (χ4v) is 4.56. The average molecular weight is 522 g/mol. The summed E-state index contributed by atoms with van der Waals surface area (Å²) < 4.78 is 33.1. The molecule has 0 aliphatic rings. The van der Waals surface area contributed by atoms with E-state index in [2.05, 4.69) is 23.7 Å². The fourth-order valence-electron chi connectivity index (χ4n) is 4.09. The molecule has 0 bridgehead atoms. The first-order valence-electron chi connectivity index (χ1n) is 12.7. The highest BCUT2D eigenvalue weighted by Crippen LogP contribution is 2.32. The number of hydrogen-bond acceptors (Lipinski definition) is 6. The van der Waals surface area contributed by atoms with Crippen LogP contribution in [0.1, 0.15) is 69.0 Å². The molecule has 7 nitrogen and oxygen atoms in total. The van der Waals surface area contributed by atoms with Crippen molar-refractivity contribution in [3.63, 3.8) is 0 Å². The van der Waals surface area contributed by atoms with Gasteiger partial charge in [-0.25, -0.2) is 8.42 Å². The lowest BCUT2D eigenvalue weighted by molar-refractivity contribution is 0.450. The first-order chi connectivity index (χ1) is 17.8. The Hall–Kier alpha value is -3.36. The van der Waals surface area contributed by atoms with Gasteiger partial charge >= 0.3 is 0 Å². The third kappa shape index (κ3) is 8.33. The van der Waals surface area contributed by atoms with Gasteiger partial charge in [-0.2, -0.15) is 4.68 Å². The summed E-state index contributed by atoms with van der Waals surface area (Å²) in [4.78, 5) is -0.178. The van der Waals surface area contributed by atoms with E-state index in [-0.39, 0.29) is 10.9 Å². The Kier molecular flexibility index (Phi) is 10.5. The Morgan fingerprint density at radius 3 is 2.27 bits per heavy atom. The van der Waals surface area contributed by atoms with Gasteiger partial charge in [0.05, 0.1) is 22.4 Å². The molecular weight excluding hydrogens is 486 g/mol. The van der Waals surface area contributed by atoms with Gasteiger partial charge in [-0.15, -0.1) is 5.10 Å². The van der Waals surface area contributed by atoms with E-state index in [1.165, 1.54) is 50.7 Å². The molecule has 0 aliphatic heterocycles. The highest BCUT2D eigenvalue weighted by Gasteiger charge is 2.27. The maximum Gasteiger partial charge on any atom is 0.220 e. The van der Waals surface area contributed by atoms with Gasteiger partial charge in [0.15, 0.2) is 0 Å². The molecule has 0 spiro atoms. The molecule has 0 saturated heterocycles. The summed E-state index contributed by atoms with van der Waals surface area (Å²) in [5, 5.41) is 19.0. The number of para-hydroxylation sites is 2. The van der Waals surface area contributed by atoms with E-state index < -0.39 is 10.1 Å². The quantitative estimate of drug-likeness (QED) is 0.136. The lowest BCUT2D eigenvalue weighted by Crippen LogP contribution is -2.13. The molecule has 1 N–H and O–H groups in total. The van der Waals surface area contributed by atoms with E-state index in [0.29, 0.717) is 5.75 Å². The number of rotatable bonds is 11. The molecule has 0 fully saturated rings. The molecule has 0 amide bonds. The van der Waals surface area contributed by atoms with Crippen LogP contribution in [0.3, 0.4) is 0 Å². The molecular formula is C29H35N3O4S. The van der Waals surface area contributed by atoms with E-state index in [9.17, 15) is 18.1 Å². The van der Waals surface area contributed by atoms with Gasteiger partial charge in [0, 0.05) is 0 Å². The van der Waals surface area contributed by atoms with E-state index in [0.717, 1.165) is 28.6 Å². The molecule has 1 heterocycles. The average Bonchev–Trinajstić information content (AvgIpc) is 3.31. The van der Waals surface area contributed by atoms with E-state index in [4.69, 9.17) is 0 Å². The summed E-state index contributed by atoms with van der Waals surface area (Å²) in [5.41, 5.74) is 3.66. The van der Waals surface area contributed by atoms with Crippen molar-refractivity contribution in [1.29, 1.82) is 0 Å². The Morgan fingerprint density at radius 2 is 1.57 bits per heavy atom. The number of nitrogens with zero attached hydrogens (tertiary/aromatic N) is 3. The molecule has 0 saturated carbocycles. The van der Waals surface area contributed by atoms with Crippen LogP contribution in [0.2, 0.25) is 0 Å². The zero-order valence-corrected chi connectivity index (χ0v) is 22.3. The van der Waals surface area contributed by atoms with Crippen molar-refractivity contribution in [2.75, 3.05) is 0 Å². The highest BCUT2D eigenvalue weighted by atomic mass is 32.2. The number of unbranched alkanes of at least 4 members (excludes halogenated alkanes) is 6. The number of benzene rings is 3. The number of aromatic nitrogens is 3. The van der Waals surface area contributed by atoms with Crippen molar-refractivity contribution >= 4 is 21.2 Å².